The number of carbonyl (C=O) groups excluding carboxylic acids is 1. The van der Waals surface area contributed by atoms with E-state index >= 15 is 0 Å². The number of hydrogen-bond acceptors (Lipinski definition) is 4. The van der Waals surface area contributed by atoms with E-state index in [-0.39, 0.29) is 17.5 Å². The highest BCUT2D eigenvalue weighted by molar-refractivity contribution is 5.95. The van der Waals surface area contributed by atoms with Crippen LogP contribution in [0, 0.1) is 6.92 Å². The summed E-state index contributed by atoms with van der Waals surface area (Å²) < 4.78 is 0. The predicted octanol–water partition coefficient (Wildman–Crippen LogP) is 3.22. The van der Waals surface area contributed by atoms with Crippen molar-refractivity contribution in [3.63, 3.8) is 0 Å². The lowest BCUT2D eigenvalue weighted by atomic mass is 9.97. The van der Waals surface area contributed by atoms with Crippen LogP contribution < -0.4 is 0 Å². The minimum atomic E-state index is -0.989. The zero-order chi connectivity index (χ0) is 18.0. The average Bonchev–Trinajstić information content (AvgIpc) is 2.61. The van der Waals surface area contributed by atoms with Crippen molar-refractivity contribution in [1.29, 1.82) is 0 Å². The Bertz CT molecular complexity index is 819. The summed E-state index contributed by atoms with van der Waals surface area (Å²) in [4.78, 5) is 34.3. The number of rotatable bonds is 3. The summed E-state index contributed by atoms with van der Waals surface area (Å²) in [7, 11) is 0. The van der Waals surface area contributed by atoms with E-state index in [1.165, 1.54) is 0 Å². The van der Waals surface area contributed by atoms with Crippen LogP contribution in [0.15, 0.2) is 30.3 Å². The molecule has 1 atom stereocenters. The number of aromatic carboxylic acids is 1. The first kappa shape index (κ1) is 17.1. The van der Waals surface area contributed by atoms with Gasteiger partial charge in [-0.05, 0) is 38.3 Å². The van der Waals surface area contributed by atoms with Gasteiger partial charge in [0.25, 0.3) is 0 Å². The molecule has 1 aliphatic rings. The number of carboxylic acid groups (broad SMARTS) is 1. The van der Waals surface area contributed by atoms with Gasteiger partial charge in [0, 0.05) is 19.0 Å². The van der Waals surface area contributed by atoms with Crippen LogP contribution in [0.3, 0.4) is 0 Å². The molecule has 1 amide bonds. The lowest BCUT2D eigenvalue weighted by Gasteiger charge is -2.34. The second-order valence-corrected chi connectivity index (χ2v) is 6.30. The van der Waals surface area contributed by atoms with Gasteiger partial charge in [-0.2, -0.15) is 0 Å². The molecule has 1 N–H and O–H groups in total. The largest absolute Gasteiger partial charge is 0.478 e. The number of likely N-dealkylation sites (tertiary alicyclic amines) is 1. The fraction of sp³-hybridized carbons (Fsp3) is 0.368. The second kappa shape index (κ2) is 7.01. The Balaban J connectivity index is 2.07. The summed E-state index contributed by atoms with van der Waals surface area (Å²) in [6.45, 7) is 4.09. The van der Waals surface area contributed by atoms with E-state index in [4.69, 9.17) is 0 Å². The Morgan fingerprint density at radius 3 is 2.68 bits per heavy atom. The molecular weight excluding hydrogens is 318 g/mol. The van der Waals surface area contributed by atoms with Crippen molar-refractivity contribution >= 4 is 11.9 Å². The molecule has 1 aliphatic heterocycles. The summed E-state index contributed by atoms with van der Waals surface area (Å²) in [5.41, 5.74) is 2.12. The Kier molecular flexibility index (Phi) is 4.79. The van der Waals surface area contributed by atoms with Crippen molar-refractivity contribution in [1.82, 2.24) is 14.9 Å². The first-order valence-corrected chi connectivity index (χ1v) is 8.43. The van der Waals surface area contributed by atoms with Gasteiger partial charge in [-0.25, -0.2) is 14.8 Å². The first-order chi connectivity index (χ1) is 12.0. The number of carbonyl (C=O) groups is 2. The van der Waals surface area contributed by atoms with Crippen molar-refractivity contribution in [2.75, 3.05) is 6.54 Å². The molecule has 3 rings (SSSR count). The third-order valence-electron chi connectivity index (χ3n) is 4.54. The molecule has 1 fully saturated rings. The maximum Gasteiger partial charge on any atom is 0.336 e. The number of nitrogens with zero attached hydrogens (tertiary/aromatic N) is 3. The molecule has 2 aromatic rings. The lowest BCUT2D eigenvalue weighted by molar-refractivity contribution is -0.132. The van der Waals surface area contributed by atoms with Crippen molar-refractivity contribution in [2.24, 2.45) is 0 Å². The molecule has 0 saturated carbocycles. The summed E-state index contributed by atoms with van der Waals surface area (Å²) in [6, 6.07) is 8.54. The van der Waals surface area contributed by atoms with E-state index in [1.807, 2.05) is 11.0 Å². The molecule has 2 heterocycles. The van der Waals surface area contributed by atoms with Crippen LogP contribution >= 0.6 is 0 Å². The fourth-order valence-electron chi connectivity index (χ4n) is 3.41. The minimum Gasteiger partial charge on any atom is -0.478 e. The van der Waals surface area contributed by atoms with Crippen molar-refractivity contribution in [2.45, 2.75) is 39.2 Å². The summed E-state index contributed by atoms with van der Waals surface area (Å²) in [6.07, 6.45) is 2.89. The van der Waals surface area contributed by atoms with E-state index < -0.39 is 5.97 Å². The monoisotopic (exact) mass is 339 g/mol. The van der Waals surface area contributed by atoms with E-state index in [9.17, 15) is 14.7 Å². The number of hydrogen-bond donors (Lipinski definition) is 1. The third kappa shape index (κ3) is 3.52. The summed E-state index contributed by atoms with van der Waals surface area (Å²) in [5.74, 6) is -0.383. The van der Waals surface area contributed by atoms with Gasteiger partial charge in [0.15, 0.2) is 0 Å². The molecular formula is C19H21N3O3. The van der Waals surface area contributed by atoms with Gasteiger partial charge in [0.1, 0.15) is 5.82 Å². The SMILES string of the molecule is CC(=O)N1CCCC[C@@H]1c1cc(-c2ccccc2C(=O)O)nc(C)n1. The molecule has 25 heavy (non-hydrogen) atoms. The smallest absolute Gasteiger partial charge is 0.336 e. The summed E-state index contributed by atoms with van der Waals surface area (Å²) in [5, 5.41) is 9.43. The van der Waals surface area contributed by atoms with Crippen LogP contribution in [0.2, 0.25) is 0 Å². The number of amides is 1. The first-order valence-electron chi connectivity index (χ1n) is 8.43. The van der Waals surface area contributed by atoms with Crippen LogP contribution in [0.4, 0.5) is 0 Å². The van der Waals surface area contributed by atoms with Gasteiger partial charge >= 0.3 is 5.97 Å². The van der Waals surface area contributed by atoms with Gasteiger partial charge in [0.2, 0.25) is 5.91 Å². The van der Waals surface area contributed by atoms with Gasteiger partial charge in [-0.1, -0.05) is 18.2 Å². The Morgan fingerprint density at radius 1 is 1.20 bits per heavy atom. The molecule has 1 saturated heterocycles. The molecule has 0 radical (unpaired) electrons. The molecule has 1 aromatic heterocycles. The number of carboxylic acids is 1. The van der Waals surface area contributed by atoms with E-state index in [0.29, 0.717) is 17.1 Å². The predicted molar refractivity (Wildman–Crippen MR) is 93.1 cm³/mol. The van der Waals surface area contributed by atoms with E-state index in [0.717, 1.165) is 31.5 Å². The lowest BCUT2D eigenvalue weighted by Crippen LogP contribution is -2.37. The Hall–Kier alpha value is -2.76. The molecule has 0 unspecified atom stereocenters. The van der Waals surface area contributed by atoms with Crippen molar-refractivity contribution in [3.8, 4) is 11.3 Å². The topological polar surface area (TPSA) is 83.4 Å². The normalized spacial score (nSPS) is 17.4. The highest BCUT2D eigenvalue weighted by Crippen LogP contribution is 2.32. The van der Waals surface area contributed by atoms with Gasteiger partial charge in [0.05, 0.1) is 23.0 Å². The van der Waals surface area contributed by atoms with Crippen LogP contribution in [0.25, 0.3) is 11.3 Å². The third-order valence-corrected chi connectivity index (χ3v) is 4.54. The molecule has 0 bridgehead atoms. The van der Waals surface area contributed by atoms with Crippen LogP contribution in [0.5, 0.6) is 0 Å². The highest BCUT2D eigenvalue weighted by Gasteiger charge is 2.28. The average molecular weight is 339 g/mol. The quantitative estimate of drug-likeness (QED) is 0.928. The Morgan fingerprint density at radius 2 is 1.96 bits per heavy atom. The van der Waals surface area contributed by atoms with Crippen LogP contribution in [-0.2, 0) is 4.79 Å². The second-order valence-electron chi connectivity index (χ2n) is 6.30. The maximum absolute atomic E-state index is 12.0. The fourth-order valence-corrected chi connectivity index (χ4v) is 3.41. The molecule has 0 aliphatic carbocycles. The maximum atomic E-state index is 12.0. The molecule has 1 aromatic carbocycles. The van der Waals surface area contributed by atoms with Gasteiger partial charge < -0.3 is 10.0 Å². The molecule has 0 spiro atoms. The van der Waals surface area contributed by atoms with Crippen molar-refractivity contribution < 1.29 is 14.7 Å². The van der Waals surface area contributed by atoms with Gasteiger partial charge in [-0.15, -0.1) is 0 Å². The number of aryl methyl sites for hydroxylation is 1. The highest BCUT2D eigenvalue weighted by atomic mass is 16.4. The molecule has 6 nitrogen and oxygen atoms in total. The zero-order valence-corrected chi connectivity index (χ0v) is 14.4. The van der Waals surface area contributed by atoms with Crippen LogP contribution in [-0.4, -0.2) is 38.4 Å². The van der Waals surface area contributed by atoms with Crippen LogP contribution in [0.1, 0.15) is 54.1 Å². The number of piperidine rings is 1. The Labute approximate surface area is 146 Å². The molecule has 6 heteroatoms. The van der Waals surface area contributed by atoms with Gasteiger partial charge in [-0.3, -0.25) is 4.79 Å². The van der Waals surface area contributed by atoms with E-state index in [2.05, 4.69) is 9.97 Å². The minimum absolute atomic E-state index is 0.0356. The molecule has 130 valence electrons. The van der Waals surface area contributed by atoms with Crippen molar-refractivity contribution in [3.05, 3.63) is 47.4 Å². The number of aromatic nitrogens is 2. The van der Waals surface area contributed by atoms with E-state index in [1.54, 1.807) is 38.1 Å². The zero-order valence-electron chi connectivity index (χ0n) is 14.4. The standard InChI is InChI=1S/C19H21N3O3/c1-12-20-16(14-7-3-4-8-15(14)19(24)25)11-17(21-12)18-9-5-6-10-22(18)13(2)23/h3-4,7-8,11,18H,5-6,9-10H2,1-2H3,(H,24,25)/t18-/m1/s1. The number of benzene rings is 1. The summed E-state index contributed by atoms with van der Waals surface area (Å²) >= 11 is 0.